The lowest BCUT2D eigenvalue weighted by atomic mass is 9.96. The number of alkyl halides is 3. The molecule has 0 amide bonds. The van der Waals surface area contributed by atoms with Gasteiger partial charge in [-0.3, -0.25) is 4.98 Å². The number of benzene rings is 2. The van der Waals surface area contributed by atoms with Gasteiger partial charge in [0, 0.05) is 40.2 Å². The molecule has 0 saturated heterocycles. The quantitative estimate of drug-likeness (QED) is 0.449. The van der Waals surface area contributed by atoms with Gasteiger partial charge in [-0.05, 0) is 36.8 Å². The van der Waals surface area contributed by atoms with Crippen molar-refractivity contribution < 1.29 is 13.2 Å². The number of pyridine rings is 1. The molecule has 0 saturated carbocycles. The SMILES string of the molecule is Cc1[nH]c2ccccc2c1C(Nc1ccccc1C(F)(F)F)c1cccnc1. The number of anilines is 1. The van der Waals surface area contributed by atoms with Gasteiger partial charge in [0.25, 0.3) is 0 Å². The first-order chi connectivity index (χ1) is 13.4. The van der Waals surface area contributed by atoms with Crippen molar-refractivity contribution in [2.75, 3.05) is 5.32 Å². The molecule has 6 heteroatoms. The number of nitrogens with zero attached hydrogens (tertiary/aromatic N) is 1. The second-order valence-electron chi connectivity index (χ2n) is 6.62. The van der Waals surface area contributed by atoms with Gasteiger partial charge in [0.2, 0.25) is 0 Å². The first kappa shape index (κ1) is 18.1. The van der Waals surface area contributed by atoms with Crippen molar-refractivity contribution in [2.45, 2.75) is 19.1 Å². The summed E-state index contributed by atoms with van der Waals surface area (Å²) in [6.45, 7) is 1.93. The van der Waals surface area contributed by atoms with Gasteiger partial charge in [0.05, 0.1) is 11.6 Å². The summed E-state index contributed by atoms with van der Waals surface area (Å²) in [7, 11) is 0. The van der Waals surface area contributed by atoms with Crippen LogP contribution in [0.15, 0.2) is 73.1 Å². The Hall–Kier alpha value is -3.28. The Balaban J connectivity index is 1.89. The zero-order valence-corrected chi connectivity index (χ0v) is 15.1. The van der Waals surface area contributed by atoms with E-state index in [1.807, 2.05) is 37.3 Å². The second-order valence-corrected chi connectivity index (χ2v) is 6.62. The van der Waals surface area contributed by atoms with E-state index in [1.165, 1.54) is 12.1 Å². The number of hydrogen-bond acceptors (Lipinski definition) is 2. The van der Waals surface area contributed by atoms with Crippen LogP contribution in [0.1, 0.15) is 28.4 Å². The molecule has 0 radical (unpaired) electrons. The highest BCUT2D eigenvalue weighted by atomic mass is 19.4. The van der Waals surface area contributed by atoms with Gasteiger partial charge in [-0.25, -0.2) is 0 Å². The lowest BCUT2D eigenvalue weighted by molar-refractivity contribution is -0.137. The van der Waals surface area contributed by atoms with E-state index >= 15 is 0 Å². The number of fused-ring (bicyclic) bond motifs is 1. The first-order valence-electron chi connectivity index (χ1n) is 8.85. The summed E-state index contributed by atoms with van der Waals surface area (Å²) in [5, 5.41) is 4.09. The number of halogens is 3. The highest BCUT2D eigenvalue weighted by molar-refractivity contribution is 5.86. The average molecular weight is 381 g/mol. The van der Waals surface area contributed by atoms with Crippen molar-refractivity contribution in [1.29, 1.82) is 0 Å². The van der Waals surface area contributed by atoms with Crippen LogP contribution >= 0.6 is 0 Å². The smallest absolute Gasteiger partial charge is 0.374 e. The van der Waals surface area contributed by atoms with E-state index in [0.29, 0.717) is 0 Å². The van der Waals surface area contributed by atoms with Crippen LogP contribution in [0.5, 0.6) is 0 Å². The first-order valence-corrected chi connectivity index (χ1v) is 8.85. The molecule has 142 valence electrons. The number of aryl methyl sites for hydroxylation is 1. The summed E-state index contributed by atoms with van der Waals surface area (Å²) in [5.41, 5.74) is 2.87. The maximum atomic E-state index is 13.5. The molecule has 0 bridgehead atoms. The highest BCUT2D eigenvalue weighted by Gasteiger charge is 2.34. The zero-order valence-electron chi connectivity index (χ0n) is 15.1. The van der Waals surface area contributed by atoms with Gasteiger partial charge in [0.15, 0.2) is 0 Å². The Bertz CT molecular complexity index is 1100. The molecule has 1 unspecified atom stereocenters. The largest absolute Gasteiger partial charge is 0.418 e. The van der Waals surface area contributed by atoms with Crippen LogP contribution in [-0.2, 0) is 6.18 Å². The van der Waals surface area contributed by atoms with Crippen LogP contribution in [0.4, 0.5) is 18.9 Å². The summed E-state index contributed by atoms with van der Waals surface area (Å²) >= 11 is 0. The fourth-order valence-corrected chi connectivity index (χ4v) is 3.55. The van der Waals surface area contributed by atoms with E-state index < -0.39 is 17.8 Å². The molecule has 0 aliphatic heterocycles. The second kappa shape index (κ2) is 7.03. The third-order valence-electron chi connectivity index (χ3n) is 4.78. The predicted octanol–water partition coefficient (Wildman–Crippen LogP) is 6.09. The van der Waals surface area contributed by atoms with Crippen molar-refractivity contribution >= 4 is 16.6 Å². The molecule has 4 rings (SSSR count). The minimum absolute atomic E-state index is 0.0357. The Morgan fingerprint density at radius 1 is 0.964 bits per heavy atom. The normalized spacial score (nSPS) is 12.9. The predicted molar refractivity (Wildman–Crippen MR) is 104 cm³/mol. The summed E-state index contributed by atoms with van der Waals surface area (Å²) in [4.78, 5) is 7.49. The van der Waals surface area contributed by atoms with Crippen LogP contribution in [-0.4, -0.2) is 9.97 Å². The summed E-state index contributed by atoms with van der Waals surface area (Å²) in [6.07, 6.45) is -1.13. The molecule has 0 aliphatic rings. The van der Waals surface area contributed by atoms with Crippen LogP contribution in [0.25, 0.3) is 10.9 Å². The van der Waals surface area contributed by atoms with Crippen molar-refractivity contribution in [3.05, 3.63) is 95.4 Å². The molecule has 0 spiro atoms. The Morgan fingerprint density at radius 2 is 1.71 bits per heavy atom. The molecule has 2 aromatic heterocycles. The maximum absolute atomic E-state index is 13.5. The molecule has 0 aliphatic carbocycles. The number of nitrogens with one attached hydrogen (secondary N) is 2. The number of aromatic amines is 1. The minimum atomic E-state index is -4.45. The van der Waals surface area contributed by atoms with Gasteiger partial charge in [-0.15, -0.1) is 0 Å². The summed E-state index contributed by atoms with van der Waals surface area (Å²) in [6, 6.07) is 16.5. The maximum Gasteiger partial charge on any atom is 0.418 e. The molecule has 28 heavy (non-hydrogen) atoms. The fraction of sp³-hybridized carbons (Fsp3) is 0.136. The number of H-pyrrole nitrogens is 1. The van der Waals surface area contributed by atoms with Crippen molar-refractivity contribution in [2.24, 2.45) is 0 Å². The van der Waals surface area contributed by atoms with Crippen molar-refractivity contribution in [3.63, 3.8) is 0 Å². The molecule has 3 nitrogen and oxygen atoms in total. The third-order valence-corrected chi connectivity index (χ3v) is 4.78. The third kappa shape index (κ3) is 3.33. The van der Waals surface area contributed by atoms with Crippen LogP contribution in [0.3, 0.4) is 0 Å². The Kier molecular flexibility index (Phi) is 4.55. The zero-order chi connectivity index (χ0) is 19.7. The van der Waals surface area contributed by atoms with E-state index in [2.05, 4.69) is 15.3 Å². The van der Waals surface area contributed by atoms with Gasteiger partial charge < -0.3 is 10.3 Å². The number of aromatic nitrogens is 2. The Morgan fingerprint density at radius 3 is 2.46 bits per heavy atom. The lowest BCUT2D eigenvalue weighted by Gasteiger charge is -2.23. The minimum Gasteiger partial charge on any atom is -0.374 e. The van der Waals surface area contributed by atoms with E-state index in [0.717, 1.165) is 33.8 Å². The van der Waals surface area contributed by atoms with Crippen LogP contribution in [0.2, 0.25) is 0 Å². The van der Waals surface area contributed by atoms with Gasteiger partial charge in [0.1, 0.15) is 0 Å². The monoisotopic (exact) mass is 381 g/mol. The van der Waals surface area contributed by atoms with E-state index in [-0.39, 0.29) is 5.69 Å². The van der Waals surface area contributed by atoms with Crippen molar-refractivity contribution in [1.82, 2.24) is 9.97 Å². The van der Waals surface area contributed by atoms with Gasteiger partial charge in [-0.1, -0.05) is 36.4 Å². The Labute approximate surface area is 160 Å². The standard InChI is InChI=1S/C22H18F3N3/c1-14-20(16-8-2-4-10-18(16)27-14)21(15-7-6-12-26-13-15)28-19-11-5-3-9-17(19)22(23,24)25/h2-13,21,27-28H,1H3. The highest BCUT2D eigenvalue weighted by Crippen LogP contribution is 2.39. The van der Waals surface area contributed by atoms with Gasteiger partial charge in [-0.2, -0.15) is 13.2 Å². The molecule has 2 N–H and O–H groups in total. The topological polar surface area (TPSA) is 40.7 Å². The lowest BCUT2D eigenvalue weighted by Crippen LogP contribution is -2.17. The van der Waals surface area contributed by atoms with Crippen molar-refractivity contribution in [3.8, 4) is 0 Å². The number of para-hydroxylation sites is 2. The number of rotatable bonds is 4. The average Bonchev–Trinajstić information content (AvgIpc) is 3.02. The molecule has 0 fully saturated rings. The molecule has 1 atom stereocenters. The summed E-state index contributed by atoms with van der Waals surface area (Å²) < 4.78 is 40.6. The fourth-order valence-electron chi connectivity index (χ4n) is 3.55. The van der Waals surface area contributed by atoms with Gasteiger partial charge >= 0.3 is 6.18 Å². The molecule has 4 aromatic rings. The van der Waals surface area contributed by atoms with E-state index in [1.54, 1.807) is 24.5 Å². The van der Waals surface area contributed by atoms with E-state index in [9.17, 15) is 13.2 Å². The van der Waals surface area contributed by atoms with E-state index in [4.69, 9.17) is 0 Å². The molecule has 2 heterocycles. The van der Waals surface area contributed by atoms with Crippen LogP contribution < -0.4 is 5.32 Å². The van der Waals surface area contributed by atoms with Crippen LogP contribution in [0, 0.1) is 6.92 Å². The molecular weight excluding hydrogens is 363 g/mol. The summed E-state index contributed by atoms with van der Waals surface area (Å²) in [5.74, 6) is 0. The molecule has 2 aromatic carbocycles. The number of hydrogen-bond donors (Lipinski definition) is 2. The molecular formula is C22H18F3N3.